The molecule has 1 heterocycles. The van der Waals surface area contributed by atoms with Crippen LogP contribution in [0.15, 0.2) is 71.5 Å². The summed E-state index contributed by atoms with van der Waals surface area (Å²) in [6.07, 6.45) is 0. The summed E-state index contributed by atoms with van der Waals surface area (Å²) in [6.45, 7) is 0. The van der Waals surface area contributed by atoms with Gasteiger partial charge in [0.25, 0.3) is 5.56 Å². The zero-order valence-corrected chi connectivity index (χ0v) is 13.7. The lowest BCUT2D eigenvalue weighted by molar-refractivity contribution is 0.477. The Morgan fingerprint density at radius 1 is 0.808 bits per heavy atom. The van der Waals surface area contributed by atoms with Crippen molar-refractivity contribution >= 4 is 16.6 Å². The maximum Gasteiger partial charge on any atom is 0.275 e. The number of nitrogen functional groups attached to an aromatic ring is 1. The van der Waals surface area contributed by atoms with Crippen LogP contribution < -0.4 is 11.3 Å². The van der Waals surface area contributed by atoms with E-state index in [1.165, 1.54) is 0 Å². The van der Waals surface area contributed by atoms with Crippen molar-refractivity contribution in [2.75, 3.05) is 5.73 Å². The van der Waals surface area contributed by atoms with Gasteiger partial charge in [0.1, 0.15) is 11.4 Å². The van der Waals surface area contributed by atoms with Crippen molar-refractivity contribution in [2.45, 2.75) is 0 Å². The fraction of sp³-hybridized carbons (Fsp3) is 0. The van der Waals surface area contributed by atoms with E-state index in [1.54, 1.807) is 24.3 Å². The van der Waals surface area contributed by atoms with E-state index < -0.39 is 5.56 Å². The number of aromatic amines is 1. The number of fused-ring (bicyclic) bond motifs is 1. The second kappa shape index (κ2) is 5.97. The first-order chi connectivity index (χ1) is 12.5. The lowest BCUT2D eigenvalue weighted by Gasteiger charge is -2.09. The lowest BCUT2D eigenvalue weighted by Crippen LogP contribution is -2.11. The van der Waals surface area contributed by atoms with Gasteiger partial charge >= 0.3 is 0 Å². The molecule has 5 nitrogen and oxygen atoms in total. The van der Waals surface area contributed by atoms with Gasteiger partial charge in [-0.3, -0.25) is 4.79 Å². The summed E-state index contributed by atoms with van der Waals surface area (Å²) >= 11 is 0. The van der Waals surface area contributed by atoms with E-state index in [9.17, 15) is 15.0 Å². The Kier molecular flexibility index (Phi) is 3.62. The number of rotatable bonds is 2. The van der Waals surface area contributed by atoms with Crippen LogP contribution >= 0.6 is 0 Å². The first kappa shape index (κ1) is 15.8. The van der Waals surface area contributed by atoms with Crippen LogP contribution in [0.1, 0.15) is 0 Å². The van der Waals surface area contributed by atoms with Gasteiger partial charge in [0.05, 0.1) is 5.52 Å². The molecule has 128 valence electrons. The van der Waals surface area contributed by atoms with Crippen molar-refractivity contribution in [3.05, 3.63) is 77.1 Å². The number of phenolic OH excluding ortho intramolecular Hbond substituents is 1. The first-order valence-electron chi connectivity index (χ1n) is 8.08. The maximum absolute atomic E-state index is 11.6. The SMILES string of the molecule is Nc1c(O)c2cc(-c3ccc(-c4ccccc4O)cc3)ccc2[nH]c1=O. The average molecular weight is 344 g/mol. The molecule has 0 saturated heterocycles. The number of benzene rings is 3. The molecule has 0 radical (unpaired) electrons. The van der Waals surface area contributed by atoms with Gasteiger partial charge in [-0.15, -0.1) is 0 Å². The summed E-state index contributed by atoms with van der Waals surface area (Å²) < 4.78 is 0. The van der Waals surface area contributed by atoms with E-state index in [4.69, 9.17) is 5.73 Å². The molecule has 5 N–H and O–H groups in total. The molecular weight excluding hydrogens is 328 g/mol. The Balaban J connectivity index is 1.78. The highest BCUT2D eigenvalue weighted by Crippen LogP contribution is 2.33. The number of hydrogen-bond donors (Lipinski definition) is 4. The summed E-state index contributed by atoms with van der Waals surface area (Å²) in [5.41, 5.74) is 8.94. The Labute approximate surface area is 149 Å². The minimum absolute atomic E-state index is 0.190. The third-order valence-electron chi connectivity index (χ3n) is 4.46. The number of H-pyrrole nitrogens is 1. The monoisotopic (exact) mass is 344 g/mol. The molecule has 4 rings (SSSR count). The van der Waals surface area contributed by atoms with Gasteiger partial charge in [-0.1, -0.05) is 48.5 Å². The Bertz CT molecular complexity index is 1180. The number of aromatic hydroxyl groups is 2. The summed E-state index contributed by atoms with van der Waals surface area (Å²) in [7, 11) is 0. The molecule has 0 amide bonds. The number of phenols is 1. The van der Waals surface area contributed by atoms with E-state index in [0.29, 0.717) is 10.9 Å². The van der Waals surface area contributed by atoms with Gasteiger partial charge in [0, 0.05) is 10.9 Å². The quantitative estimate of drug-likeness (QED) is 0.444. The van der Waals surface area contributed by atoms with Gasteiger partial charge in [-0.05, 0) is 34.9 Å². The van der Waals surface area contributed by atoms with Crippen molar-refractivity contribution in [3.63, 3.8) is 0 Å². The normalized spacial score (nSPS) is 10.9. The number of pyridine rings is 1. The van der Waals surface area contributed by atoms with Crippen molar-refractivity contribution in [2.24, 2.45) is 0 Å². The van der Waals surface area contributed by atoms with Gasteiger partial charge in [-0.2, -0.15) is 0 Å². The molecule has 0 unspecified atom stereocenters. The highest BCUT2D eigenvalue weighted by molar-refractivity contribution is 5.92. The van der Waals surface area contributed by atoms with Crippen LogP contribution in [0.2, 0.25) is 0 Å². The van der Waals surface area contributed by atoms with Gasteiger partial charge in [0.2, 0.25) is 0 Å². The largest absolute Gasteiger partial charge is 0.507 e. The van der Waals surface area contributed by atoms with Crippen LogP contribution in [0, 0.1) is 0 Å². The minimum atomic E-state index is -0.505. The molecule has 0 fully saturated rings. The van der Waals surface area contributed by atoms with E-state index in [0.717, 1.165) is 22.3 Å². The van der Waals surface area contributed by atoms with E-state index in [-0.39, 0.29) is 17.2 Å². The number of nitrogens with one attached hydrogen (secondary N) is 1. The van der Waals surface area contributed by atoms with Gasteiger partial charge in [0.15, 0.2) is 5.75 Å². The average Bonchev–Trinajstić information content (AvgIpc) is 2.67. The molecule has 26 heavy (non-hydrogen) atoms. The molecule has 0 aliphatic heterocycles. The zero-order chi connectivity index (χ0) is 18.3. The lowest BCUT2D eigenvalue weighted by atomic mass is 9.98. The van der Waals surface area contributed by atoms with Crippen molar-refractivity contribution in [1.82, 2.24) is 4.98 Å². The van der Waals surface area contributed by atoms with Crippen molar-refractivity contribution in [1.29, 1.82) is 0 Å². The molecule has 0 atom stereocenters. The molecule has 0 saturated carbocycles. The number of anilines is 1. The molecule has 1 aromatic heterocycles. The summed E-state index contributed by atoms with van der Waals surface area (Å²) in [5.74, 6) is 0.0201. The molecular formula is C21H16N2O3. The number of nitrogens with two attached hydrogens (primary N) is 1. The van der Waals surface area contributed by atoms with Gasteiger partial charge in [-0.25, -0.2) is 0 Å². The number of para-hydroxylation sites is 1. The van der Waals surface area contributed by atoms with E-state index in [2.05, 4.69) is 4.98 Å². The predicted molar refractivity (Wildman–Crippen MR) is 103 cm³/mol. The number of aromatic nitrogens is 1. The van der Waals surface area contributed by atoms with E-state index >= 15 is 0 Å². The Hall–Kier alpha value is -3.73. The topological polar surface area (TPSA) is 99.3 Å². The van der Waals surface area contributed by atoms with Crippen LogP contribution in [-0.2, 0) is 0 Å². The minimum Gasteiger partial charge on any atom is -0.507 e. The number of hydrogen-bond acceptors (Lipinski definition) is 4. The standard InChI is InChI=1S/C21H16N2O3/c22-19-20(25)16-11-14(9-10-17(16)23-21(19)26)12-5-7-13(8-6-12)15-3-1-2-4-18(15)24/h1-11,24H,22H2,(H2,23,25,26). The molecule has 0 spiro atoms. The zero-order valence-electron chi connectivity index (χ0n) is 13.7. The van der Waals surface area contributed by atoms with Crippen LogP contribution in [-0.4, -0.2) is 15.2 Å². The third-order valence-corrected chi connectivity index (χ3v) is 4.46. The Morgan fingerprint density at radius 2 is 1.46 bits per heavy atom. The second-order valence-corrected chi connectivity index (χ2v) is 6.07. The van der Waals surface area contributed by atoms with Crippen LogP contribution in [0.4, 0.5) is 5.69 Å². The van der Waals surface area contributed by atoms with Crippen LogP contribution in [0.3, 0.4) is 0 Å². The maximum atomic E-state index is 11.6. The Morgan fingerprint density at radius 3 is 2.19 bits per heavy atom. The summed E-state index contributed by atoms with van der Waals surface area (Å²) in [4.78, 5) is 14.3. The van der Waals surface area contributed by atoms with Gasteiger partial charge < -0.3 is 20.9 Å². The predicted octanol–water partition coefficient (Wildman–Crippen LogP) is 3.86. The molecule has 0 aliphatic carbocycles. The highest BCUT2D eigenvalue weighted by atomic mass is 16.3. The fourth-order valence-corrected chi connectivity index (χ4v) is 3.03. The first-order valence-corrected chi connectivity index (χ1v) is 8.08. The van der Waals surface area contributed by atoms with E-state index in [1.807, 2.05) is 42.5 Å². The van der Waals surface area contributed by atoms with Crippen LogP contribution in [0.5, 0.6) is 11.5 Å². The van der Waals surface area contributed by atoms with Crippen molar-refractivity contribution in [3.8, 4) is 33.8 Å². The molecule has 5 heteroatoms. The highest BCUT2D eigenvalue weighted by Gasteiger charge is 2.10. The summed E-state index contributed by atoms with van der Waals surface area (Å²) in [5, 5.41) is 20.6. The molecule has 0 aliphatic rings. The second-order valence-electron chi connectivity index (χ2n) is 6.07. The molecule has 0 bridgehead atoms. The fourth-order valence-electron chi connectivity index (χ4n) is 3.03. The third kappa shape index (κ3) is 2.56. The van der Waals surface area contributed by atoms with Crippen LogP contribution in [0.25, 0.3) is 33.2 Å². The molecule has 4 aromatic rings. The summed E-state index contributed by atoms with van der Waals surface area (Å²) in [6, 6.07) is 20.3. The van der Waals surface area contributed by atoms with Crippen molar-refractivity contribution < 1.29 is 10.2 Å². The smallest absolute Gasteiger partial charge is 0.275 e. The molecule has 3 aromatic carbocycles.